The first-order valence-corrected chi connectivity index (χ1v) is 12.5. The van der Waals surface area contributed by atoms with Crippen LogP contribution in [0.5, 0.6) is 0 Å². The van der Waals surface area contributed by atoms with Crippen molar-refractivity contribution in [3.8, 4) is 0 Å². The molecular formula is C25H41N3OS. The van der Waals surface area contributed by atoms with Crippen LogP contribution in [0.2, 0.25) is 0 Å². The Labute approximate surface area is 189 Å². The molecule has 1 aliphatic heterocycles. The summed E-state index contributed by atoms with van der Waals surface area (Å²) in [6, 6.07) is 9.64. The van der Waals surface area contributed by atoms with Crippen molar-refractivity contribution in [1.82, 2.24) is 15.1 Å². The number of benzene rings is 1. The lowest BCUT2D eigenvalue weighted by molar-refractivity contribution is 0.0367. The van der Waals surface area contributed by atoms with Crippen molar-refractivity contribution in [2.24, 2.45) is 0 Å². The van der Waals surface area contributed by atoms with Crippen LogP contribution in [-0.4, -0.2) is 60.3 Å². The van der Waals surface area contributed by atoms with Gasteiger partial charge in [-0.05, 0) is 48.5 Å². The van der Waals surface area contributed by atoms with Crippen molar-refractivity contribution in [2.45, 2.75) is 77.3 Å². The molecule has 2 aliphatic rings. The molecule has 1 heterocycles. The van der Waals surface area contributed by atoms with Crippen LogP contribution in [0.3, 0.4) is 0 Å². The molecule has 1 saturated carbocycles. The second-order valence-electron chi connectivity index (χ2n) is 9.26. The standard InChI is InChI=1S/C25H41N3OS/c1-21(2)23-12-10-22(11-13-23)20-28(15-7-14-27-16-18-29-19-17-27)25(30)26-24-8-5-3-4-6-9-24/h10-13,21,24H,3-9,14-20H2,1-2H3,(H,26,30). The van der Waals surface area contributed by atoms with Gasteiger partial charge in [0.2, 0.25) is 0 Å². The molecule has 0 atom stereocenters. The SMILES string of the molecule is CC(C)c1ccc(CN(CCCN2CCOCC2)C(=S)NC2CCCCCC2)cc1. The van der Waals surface area contributed by atoms with Crippen LogP contribution in [0.1, 0.15) is 75.8 Å². The first-order chi connectivity index (χ1) is 14.6. The van der Waals surface area contributed by atoms with Gasteiger partial charge < -0.3 is 15.0 Å². The third-order valence-electron chi connectivity index (χ3n) is 6.50. The number of thiocarbonyl (C=S) groups is 1. The third kappa shape index (κ3) is 7.82. The zero-order valence-corrected chi connectivity index (χ0v) is 19.9. The summed E-state index contributed by atoms with van der Waals surface area (Å²) in [7, 11) is 0. The average molecular weight is 432 g/mol. The molecule has 30 heavy (non-hydrogen) atoms. The normalized spacial score (nSPS) is 18.9. The molecule has 0 aromatic heterocycles. The lowest BCUT2D eigenvalue weighted by Gasteiger charge is -2.31. The average Bonchev–Trinajstić information content (AvgIpc) is 3.03. The number of hydrogen-bond donors (Lipinski definition) is 1. The van der Waals surface area contributed by atoms with Crippen LogP contribution in [0, 0.1) is 0 Å². The molecule has 5 heteroatoms. The topological polar surface area (TPSA) is 27.7 Å². The number of hydrogen-bond acceptors (Lipinski definition) is 3. The smallest absolute Gasteiger partial charge is 0.169 e. The molecule has 1 aromatic carbocycles. The summed E-state index contributed by atoms with van der Waals surface area (Å²) in [6.45, 7) is 11.4. The van der Waals surface area contributed by atoms with E-state index in [9.17, 15) is 0 Å². The van der Waals surface area contributed by atoms with E-state index in [1.54, 1.807) is 0 Å². The summed E-state index contributed by atoms with van der Waals surface area (Å²) < 4.78 is 5.48. The highest BCUT2D eigenvalue weighted by atomic mass is 32.1. The Morgan fingerprint density at radius 1 is 1.10 bits per heavy atom. The molecule has 168 valence electrons. The summed E-state index contributed by atoms with van der Waals surface area (Å²) in [5.74, 6) is 0.571. The number of morpholine rings is 1. The van der Waals surface area contributed by atoms with Gasteiger partial charge >= 0.3 is 0 Å². The van der Waals surface area contributed by atoms with Gasteiger partial charge in [-0.2, -0.15) is 0 Å². The van der Waals surface area contributed by atoms with Crippen LogP contribution in [0.25, 0.3) is 0 Å². The minimum atomic E-state index is 0.546. The van der Waals surface area contributed by atoms with Crippen molar-refractivity contribution in [3.05, 3.63) is 35.4 Å². The highest BCUT2D eigenvalue weighted by Crippen LogP contribution is 2.19. The third-order valence-corrected chi connectivity index (χ3v) is 6.87. The summed E-state index contributed by atoms with van der Waals surface area (Å²) >= 11 is 5.92. The van der Waals surface area contributed by atoms with Crippen LogP contribution in [0.15, 0.2) is 24.3 Å². The van der Waals surface area contributed by atoms with Gasteiger partial charge in [-0.15, -0.1) is 0 Å². The molecule has 0 radical (unpaired) electrons. The van der Waals surface area contributed by atoms with Gasteiger partial charge in [0.1, 0.15) is 0 Å². The molecule has 3 rings (SSSR count). The lowest BCUT2D eigenvalue weighted by Crippen LogP contribution is -2.45. The van der Waals surface area contributed by atoms with Crippen LogP contribution >= 0.6 is 12.2 Å². The molecule has 0 unspecified atom stereocenters. The Hall–Kier alpha value is -1.17. The lowest BCUT2D eigenvalue weighted by atomic mass is 10.0. The van der Waals surface area contributed by atoms with E-state index in [0.717, 1.165) is 57.5 Å². The largest absolute Gasteiger partial charge is 0.379 e. The Kier molecular flexibility index (Phi) is 9.89. The first-order valence-electron chi connectivity index (χ1n) is 12.1. The molecule has 4 nitrogen and oxygen atoms in total. The predicted molar refractivity (Wildman–Crippen MR) is 130 cm³/mol. The number of rotatable bonds is 8. The monoisotopic (exact) mass is 431 g/mol. The van der Waals surface area contributed by atoms with Crippen molar-refractivity contribution >= 4 is 17.3 Å². The maximum Gasteiger partial charge on any atom is 0.169 e. The van der Waals surface area contributed by atoms with E-state index < -0.39 is 0 Å². The quantitative estimate of drug-likeness (QED) is 0.465. The zero-order chi connectivity index (χ0) is 21.2. The Morgan fingerprint density at radius 3 is 2.40 bits per heavy atom. The highest BCUT2D eigenvalue weighted by Gasteiger charge is 2.18. The van der Waals surface area contributed by atoms with E-state index in [-0.39, 0.29) is 0 Å². The number of ether oxygens (including phenoxy) is 1. The second kappa shape index (κ2) is 12.6. The predicted octanol–water partition coefficient (Wildman–Crippen LogP) is 4.93. The van der Waals surface area contributed by atoms with Gasteiger partial charge in [-0.3, -0.25) is 4.90 Å². The van der Waals surface area contributed by atoms with Crippen molar-refractivity contribution in [1.29, 1.82) is 0 Å². The van der Waals surface area contributed by atoms with E-state index in [0.29, 0.717) is 12.0 Å². The van der Waals surface area contributed by atoms with E-state index in [4.69, 9.17) is 17.0 Å². The van der Waals surface area contributed by atoms with E-state index in [1.807, 2.05) is 0 Å². The Morgan fingerprint density at radius 2 is 1.77 bits per heavy atom. The fraction of sp³-hybridized carbons (Fsp3) is 0.720. The Balaban J connectivity index is 1.58. The number of nitrogens with zero attached hydrogens (tertiary/aromatic N) is 2. The molecule has 1 aromatic rings. The van der Waals surface area contributed by atoms with Gasteiger partial charge in [0.25, 0.3) is 0 Å². The van der Waals surface area contributed by atoms with Crippen LogP contribution in [-0.2, 0) is 11.3 Å². The molecule has 0 spiro atoms. The van der Waals surface area contributed by atoms with E-state index >= 15 is 0 Å². The van der Waals surface area contributed by atoms with Gasteiger partial charge in [0, 0.05) is 38.8 Å². The van der Waals surface area contributed by atoms with Gasteiger partial charge in [0.05, 0.1) is 13.2 Å². The molecule has 1 N–H and O–H groups in total. The molecular weight excluding hydrogens is 390 g/mol. The summed E-state index contributed by atoms with van der Waals surface area (Å²) in [5, 5.41) is 4.66. The Bertz CT molecular complexity index is 620. The molecule has 2 fully saturated rings. The number of nitrogens with one attached hydrogen (secondary N) is 1. The van der Waals surface area contributed by atoms with E-state index in [2.05, 4.69) is 53.2 Å². The van der Waals surface area contributed by atoms with Crippen molar-refractivity contribution in [2.75, 3.05) is 39.4 Å². The minimum Gasteiger partial charge on any atom is -0.379 e. The zero-order valence-electron chi connectivity index (χ0n) is 19.1. The van der Waals surface area contributed by atoms with Gasteiger partial charge in [-0.1, -0.05) is 63.8 Å². The summed E-state index contributed by atoms with van der Waals surface area (Å²) in [5.41, 5.74) is 2.74. The molecule has 1 aliphatic carbocycles. The van der Waals surface area contributed by atoms with Crippen LogP contribution in [0.4, 0.5) is 0 Å². The maximum absolute atomic E-state index is 5.92. The summed E-state index contributed by atoms with van der Waals surface area (Å²) in [6.07, 6.45) is 9.04. The molecule has 1 saturated heterocycles. The minimum absolute atomic E-state index is 0.546. The highest BCUT2D eigenvalue weighted by molar-refractivity contribution is 7.80. The van der Waals surface area contributed by atoms with Crippen molar-refractivity contribution < 1.29 is 4.74 Å². The van der Waals surface area contributed by atoms with Gasteiger partial charge in [0.15, 0.2) is 5.11 Å². The maximum atomic E-state index is 5.92. The van der Waals surface area contributed by atoms with Crippen LogP contribution < -0.4 is 5.32 Å². The second-order valence-corrected chi connectivity index (χ2v) is 9.65. The summed E-state index contributed by atoms with van der Waals surface area (Å²) in [4.78, 5) is 4.91. The van der Waals surface area contributed by atoms with Crippen molar-refractivity contribution in [3.63, 3.8) is 0 Å². The molecule has 0 bridgehead atoms. The first kappa shape index (κ1) is 23.5. The van der Waals surface area contributed by atoms with E-state index in [1.165, 1.54) is 49.7 Å². The van der Waals surface area contributed by atoms with Gasteiger partial charge in [-0.25, -0.2) is 0 Å². The fourth-order valence-corrected chi connectivity index (χ4v) is 4.80. The molecule has 0 amide bonds. The fourth-order valence-electron chi connectivity index (χ4n) is 4.48.